The van der Waals surface area contributed by atoms with Crippen LogP contribution < -0.4 is 5.32 Å². The van der Waals surface area contributed by atoms with Gasteiger partial charge in [-0.25, -0.2) is 0 Å². The van der Waals surface area contributed by atoms with E-state index >= 15 is 0 Å². The van der Waals surface area contributed by atoms with Crippen LogP contribution in [0.15, 0.2) is 0 Å². The zero-order chi connectivity index (χ0) is 9.74. The van der Waals surface area contributed by atoms with Gasteiger partial charge in [-0.3, -0.25) is 0 Å². The number of rotatable bonds is 1. The van der Waals surface area contributed by atoms with Crippen molar-refractivity contribution in [3.63, 3.8) is 0 Å². The average molecular weight is 183 g/mol. The summed E-state index contributed by atoms with van der Waals surface area (Å²) in [5, 5.41) is 3.49. The Morgan fingerprint density at radius 3 is 2.08 bits per heavy atom. The molecule has 0 bridgehead atoms. The summed E-state index contributed by atoms with van der Waals surface area (Å²) in [6.07, 6.45) is 2.64. The fraction of sp³-hybridized carbons (Fsp3) is 1.00. The van der Waals surface area contributed by atoms with Crippen molar-refractivity contribution in [3.05, 3.63) is 0 Å². The molecule has 0 aromatic carbocycles. The largest absolute Gasteiger partial charge is 0.366 e. The zero-order valence-electron chi connectivity index (χ0n) is 9.24. The summed E-state index contributed by atoms with van der Waals surface area (Å²) in [7, 11) is 0. The summed E-state index contributed by atoms with van der Waals surface area (Å²) in [6.45, 7) is 10.9. The van der Waals surface area contributed by atoms with Crippen LogP contribution in [0, 0.1) is 5.41 Å². The number of nitrogens with one attached hydrogen (secondary N) is 1. The van der Waals surface area contributed by atoms with E-state index in [1.54, 1.807) is 0 Å². The lowest BCUT2D eigenvalue weighted by molar-refractivity contribution is -0.182. The molecule has 1 heterocycles. The molecular weight excluding hydrogens is 162 g/mol. The first-order valence-corrected chi connectivity index (χ1v) is 5.28. The maximum atomic E-state index is 6.23. The van der Waals surface area contributed by atoms with Crippen molar-refractivity contribution < 1.29 is 4.74 Å². The number of hydrogen-bond acceptors (Lipinski definition) is 2. The Bertz CT molecular complexity index is 220. The highest BCUT2D eigenvalue weighted by Gasteiger charge is 2.56. The third-order valence-corrected chi connectivity index (χ3v) is 3.79. The van der Waals surface area contributed by atoms with Gasteiger partial charge in [-0.05, 0) is 39.0 Å². The molecule has 0 amide bonds. The lowest BCUT2D eigenvalue weighted by Gasteiger charge is -2.47. The molecule has 0 aromatic rings. The Hall–Kier alpha value is -0.0800. The molecule has 2 aliphatic rings. The van der Waals surface area contributed by atoms with E-state index in [0.29, 0.717) is 5.41 Å². The molecule has 13 heavy (non-hydrogen) atoms. The van der Waals surface area contributed by atoms with Gasteiger partial charge in [-0.2, -0.15) is 0 Å². The predicted molar refractivity (Wildman–Crippen MR) is 53.8 cm³/mol. The van der Waals surface area contributed by atoms with Crippen molar-refractivity contribution in [2.75, 3.05) is 13.1 Å². The fourth-order valence-corrected chi connectivity index (χ4v) is 2.34. The van der Waals surface area contributed by atoms with Gasteiger partial charge in [0.2, 0.25) is 0 Å². The maximum Gasteiger partial charge on any atom is 0.0839 e. The second-order valence-electron chi connectivity index (χ2n) is 5.76. The first-order chi connectivity index (χ1) is 5.87. The van der Waals surface area contributed by atoms with E-state index in [1.165, 1.54) is 12.8 Å². The van der Waals surface area contributed by atoms with Gasteiger partial charge < -0.3 is 10.1 Å². The van der Waals surface area contributed by atoms with Crippen LogP contribution in [-0.2, 0) is 4.74 Å². The maximum absolute atomic E-state index is 6.23. The molecular formula is C11H21NO. The van der Waals surface area contributed by atoms with Gasteiger partial charge in [0, 0.05) is 13.1 Å². The third kappa shape index (κ3) is 1.50. The molecule has 0 spiro atoms. The Labute approximate surface area is 81.0 Å². The van der Waals surface area contributed by atoms with Crippen LogP contribution in [0.3, 0.4) is 0 Å². The summed E-state index contributed by atoms with van der Waals surface area (Å²) >= 11 is 0. The predicted octanol–water partition coefficient (Wildman–Crippen LogP) is 1.94. The van der Waals surface area contributed by atoms with Gasteiger partial charge in [0.05, 0.1) is 11.2 Å². The molecule has 1 unspecified atom stereocenters. The lowest BCUT2D eigenvalue weighted by atomic mass is 9.84. The molecule has 0 radical (unpaired) electrons. The van der Waals surface area contributed by atoms with Crippen molar-refractivity contribution in [2.24, 2.45) is 5.41 Å². The number of ether oxygens (including phenoxy) is 1. The minimum Gasteiger partial charge on any atom is -0.366 e. The standard InChI is InChI=1S/C11H21NO/c1-9(2)7-12-8-11(4,13-9)10(3)5-6-10/h12H,5-8H2,1-4H3. The highest BCUT2D eigenvalue weighted by molar-refractivity contribution is 5.08. The van der Waals surface area contributed by atoms with Crippen LogP contribution in [0.2, 0.25) is 0 Å². The van der Waals surface area contributed by atoms with Gasteiger partial charge in [-0.1, -0.05) is 6.92 Å². The molecule has 2 fully saturated rings. The topological polar surface area (TPSA) is 21.3 Å². The zero-order valence-corrected chi connectivity index (χ0v) is 9.24. The Morgan fingerprint density at radius 2 is 1.62 bits per heavy atom. The summed E-state index contributed by atoms with van der Waals surface area (Å²) in [4.78, 5) is 0. The molecule has 1 atom stereocenters. The first kappa shape index (κ1) is 9.47. The van der Waals surface area contributed by atoms with Gasteiger partial charge in [0.15, 0.2) is 0 Å². The summed E-state index contributed by atoms with van der Waals surface area (Å²) in [5.74, 6) is 0. The smallest absolute Gasteiger partial charge is 0.0839 e. The van der Waals surface area contributed by atoms with E-state index < -0.39 is 0 Å². The van der Waals surface area contributed by atoms with Gasteiger partial charge >= 0.3 is 0 Å². The van der Waals surface area contributed by atoms with E-state index in [-0.39, 0.29) is 11.2 Å². The highest BCUT2D eigenvalue weighted by atomic mass is 16.5. The van der Waals surface area contributed by atoms with Crippen molar-refractivity contribution in [1.82, 2.24) is 5.32 Å². The van der Waals surface area contributed by atoms with E-state index in [2.05, 4.69) is 33.0 Å². The number of morpholine rings is 1. The van der Waals surface area contributed by atoms with E-state index in [1.807, 2.05) is 0 Å². The van der Waals surface area contributed by atoms with E-state index in [0.717, 1.165) is 13.1 Å². The molecule has 0 aromatic heterocycles. The SMILES string of the molecule is CC1(C)CNCC(C)(C2(C)CC2)O1. The molecule has 2 rings (SSSR count). The Balaban J connectivity index is 2.14. The minimum absolute atomic E-state index is 0.00139. The molecule has 1 aliphatic heterocycles. The van der Waals surface area contributed by atoms with Crippen molar-refractivity contribution in [1.29, 1.82) is 0 Å². The molecule has 1 saturated carbocycles. The molecule has 1 N–H and O–H groups in total. The molecule has 76 valence electrons. The second-order valence-corrected chi connectivity index (χ2v) is 5.76. The van der Waals surface area contributed by atoms with E-state index in [9.17, 15) is 0 Å². The van der Waals surface area contributed by atoms with Crippen molar-refractivity contribution in [2.45, 2.75) is 51.7 Å². The molecule has 1 saturated heterocycles. The van der Waals surface area contributed by atoms with Crippen LogP contribution in [0.5, 0.6) is 0 Å². The third-order valence-electron chi connectivity index (χ3n) is 3.79. The van der Waals surface area contributed by atoms with Crippen LogP contribution >= 0.6 is 0 Å². The summed E-state index contributed by atoms with van der Waals surface area (Å²) < 4.78 is 6.23. The quantitative estimate of drug-likeness (QED) is 0.671. The van der Waals surface area contributed by atoms with Crippen LogP contribution in [0.4, 0.5) is 0 Å². The Morgan fingerprint density at radius 1 is 1.00 bits per heavy atom. The van der Waals surface area contributed by atoms with Crippen molar-refractivity contribution >= 4 is 0 Å². The summed E-state index contributed by atoms with van der Waals surface area (Å²) in [6, 6.07) is 0. The van der Waals surface area contributed by atoms with Gasteiger partial charge in [0.25, 0.3) is 0 Å². The fourth-order valence-electron chi connectivity index (χ4n) is 2.34. The van der Waals surface area contributed by atoms with Gasteiger partial charge in [-0.15, -0.1) is 0 Å². The van der Waals surface area contributed by atoms with Crippen LogP contribution in [-0.4, -0.2) is 24.3 Å². The summed E-state index contributed by atoms with van der Waals surface area (Å²) in [5.41, 5.74) is 0.477. The average Bonchev–Trinajstić information content (AvgIpc) is 2.66. The second kappa shape index (κ2) is 2.48. The van der Waals surface area contributed by atoms with Crippen LogP contribution in [0.1, 0.15) is 40.5 Å². The lowest BCUT2D eigenvalue weighted by Crippen LogP contribution is -2.60. The molecule has 1 aliphatic carbocycles. The Kier molecular flexibility index (Phi) is 1.81. The highest BCUT2D eigenvalue weighted by Crippen LogP contribution is 2.56. The molecule has 2 nitrogen and oxygen atoms in total. The number of hydrogen-bond donors (Lipinski definition) is 1. The van der Waals surface area contributed by atoms with E-state index in [4.69, 9.17) is 4.74 Å². The first-order valence-electron chi connectivity index (χ1n) is 5.28. The van der Waals surface area contributed by atoms with Crippen LogP contribution in [0.25, 0.3) is 0 Å². The van der Waals surface area contributed by atoms with Crippen molar-refractivity contribution in [3.8, 4) is 0 Å². The molecule has 2 heteroatoms. The minimum atomic E-state index is -0.00139. The monoisotopic (exact) mass is 183 g/mol. The normalized spacial score (nSPS) is 41.5. The van der Waals surface area contributed by atoms with Gasteiger partial charge in [0.1, 0.15) is 0 Å².